The second-order valence-corrected chi connectivity index (χ2v) is 7.17. The average molecular weight is 381 g/mol. The highest BCUT2D eigenvalue weighted by atomic mass is 16.5. The molecule has 2 heterocycles. The minimum atomic E-state index is -1.39. The number of aliphatic hydroxyl groups excluding tert-OH is 4. The monoisotopic (exact) mass is 381 g/mol. The molecule has 0 unspecified atom stereocenters. The molecule has 4 N–H and O–H groups in total. The zero-order valence-corrected chi connectivity index (χ0v) is 15.2. The fraction of sp³-hybridized carbons (Fsp3) is 0.318. The van der Waals surface area contributed by atoms with Gasteiger partial charge in [0, 0.05) is 17.5 Å². The van der Waals surface area contributed by atoms with Crippen LogP contribution in [0.1, 0.15) is 22.9 Å². The summed E-state index contributed by atoms with van der Waals surface area (Å²) in [5.41, 5.74) is 3.52. The van der Waals surface area contributed by atoms with Crippen LogP contribution in [-0.4, -0.2) is 56.4 Å². The largest absolute Gasteiger partial charge is 0.394 e. The number of hydrogen-bond donors (Lipinski definition) is 4. The lowest BCUT2D eigenvalue weighted by molar-refractivity contribution is -0.231. The quantitative estimate of drug-likeness (QED) is 0.544. The molecule has 0 saturated carbocycles. The Kier molecular flexibility index (Phi) is 5.39. The highest BCUT2D eigenvalue weighted by Gasteiger charge is 2.43. The molecular weight excluding hydrogens is 358 g/mol. The summed E-state index contributed by atoms with van der Waals surface area (Å²) in [6.07, 6.45) is -5.18. The normalized spacial score (nSPS) is 27.8. The average Bonchev–Trinajstić information content (AvgIpc) is 2.72. The molecule has 0 radical (unpaired) electrons. The van der Waals surface area contributed by atoms with Crippen molar-refractivity contribution in [2.75, 3.05) is 6.61 Å². The van der Waals surface area contributed by atoms with Gasteiger partial charge in [-0.2, -0.15) is 0 Å². The van der Waals surface area contributed by atoms with E-state index in [9.17, 15) is 20.4 Å². The lowest BCUT2D eigenvalue weighted by atomic mass is 9.90. The lowest BCUT2D eigenvalue weighted by Gasteiger charge is -2.40. The zero-order valence-electron chi connectivity index (χ0n) is 15.2. The van der Waals surface area contributed by atoms with E-state index in [1.807, 2.05) is 54.6 Å². The first-order valence-electron chi connectivity index (χ1n) is 9.31. The molecule has 1 fully saturated rings. The molecule has 6 nitrogen and oxygen atoms in total. The van der Waals surface area contributed by atoms with Gasteiger partial charge in [-0.1, -0.05) is 48.5 Å². The van der Waals surface area contributed by atoms with Crippen LogP contribution in [0.4, 0.5) is 0 Å². The van der Waals surface area contributed by atoms with Crippen molar-refractivity contribution in [3.05, 3.63) is 77.5 Å². The molecule has 28 heavy (non-hydrogen) atoms. The Morgan fingerprint density at radius 2 is 1.68 bits per heavy atom. The fourth-order valence-corrected chi connectivity index (χ4v) is 3.67. The fourth-order valence-electron chi connectivity index (χ4n) is 3.67. The number of aliphatic hydroxyl groups is 4. The van der Waals surface area contributed by atoms with E-state index in [2.05, 4.69) is 4.98 Å². The number of para-hydroxylation sites is 1. The summed E-state index contributed by atoms with van der Waals surface area (Å²) in [7, 11) is 0. The third-order valence-electron chi connectivity index (χ3n) is 5.21. The number of nitrogens with zero attached hydrogens (tertiary/aromatic N) is 1. The minimum absolute atomic E-state index is 0.442. The highest BCUT2D eigenvalue weighted by molar-refractivity contribution is 5.78. The van der Waals surface area contributed by atoms with Crippen molar-refractivity contribution >= 4 is 10.9 Å². The van der Waals surface area contributed by atoms with Gasteiger partial charge in [-0.3, -0.25) is 4.98 Å². The number of pyridine rings is 1. The first-order valence-corrected chi connectivity index (χ1v) is 9.31. The Morgan fingerprint density at radius 1 is 0.857 bits per heavy atom. The second-order valence-electron chi connectivity index (χ2n) is 7.17. The van der Waals surface area contributed by atoms with Crippen LogP contribution in [0.5, 0.6) is 0 Å². The van der Waals surface area contributed by atoms with Crippen molar-refractivity contribution in [1.82, 2.24) is 4.98 Å². The van der Waals surface area contributed by atoms with Gasteiger partial charge in [0.25, 0.3) is 0 Å². The Balaban J connectivity index is 1.58. The van der Waals surface area contributed by atoms with E-state index in [0.717, 1.165) is 22.2 Å². The molecule has 4 rings (SSSR count). The Morgan fingerprint density at radius 3 is 2.50 bits per heavy atom. The molecule has 1 aliphatic heterocycles. The van der Waals surface area contributed by atoms with E-state index in [-0.39, 0.29) is 0 Å². The van der Waals surface area contributed by atoms with Crippen LogP contribution in [0.15, 0.2) is 60.7 Å². The first kappa shape index (κ1) is 19.0. The topological polar surface area (TPSA) is 103 Å². The van der Waals surface area contributed by atoms with Gasteiger partial charge in [0.05, 0.1) is 12.1 Å². The van der Waals surface area contributed by atoms with Crippen LogP contribution in [0.3, 0.4) is 0 Å². The van der Waals surface area contributed by atoms with Crippen LogP contribution in [0.2, 0.25) is 0 Å². The van der Waals surface area contributed by atoms with Crippen LogP contribution in [0.25, 0.3) is 10.9 Å². The number of aromatic nitrogens is 1. The van der Waals surface area contributed by atoms with Gasteiger partial charge in [0.1, 0.15) is 30.5 Å². The van der Waals surface area contributed by atoms with Gasteiger partial charge >= 0.3 is 0 Å². The third kappa shape index (κ3) is 3.65. The molecule has 0 spiro atoms. The van der Waals surface area contributed by atoms with E-state index in [1.54, 1.807) is 6.07 Å². The molecule has 1 aromatic heterocycles. The van der Waals surface area contributed by atoms with Crippen molar-refractivity contribution in [2.45, 2.75) is 36.9 Å². The summed E-state index contributed by atoms with van der Waals surface area (Å²) in [5, 5.41) is 40.8. The van der Waals surface area contributed by atoms with E-state index in [4.69, 9.17) is 4.74 Å². The summed E-state index contributed by atoms with van der Waals surface area (Å²) in [6.45, 7) is -0.442. The molecule has 1 aliphatic rings. The summed E-state index contributed by atoms with van der Waals surface area (Å²) >= 11 is 0. The molecule has 0 aliphatic carbocycles. The van der Waals surface area contributed by atoms with Crippen molar-refractivity contribution in [1.29, 1.82) is 0 Å². The number of benzene rings is 2. The van der Waals surface area contributed by atoms with Gasteiger partial charge in [0.15, 0.2) is 0 Å². The molecule has 5 atom stereocenters. The number of hydrogen-bond acceptors (Lipinski definition) is 6. The minimum Gasteiger partial charge on any atom is -0.394 e. The summed E-state index contributed by atoms with van der Waals surface area (Å²) in [4.78, 5) is 4.69. The zero-order chi connectivity index (χ0) is 19.7. The lowest BCUT2D eigenvalue weighted by Crippen LogP contribution is -2.55. The van der Waals surface area contributed by atoms with Crippen LogP contribution in [-0.2, 0) is 11.2 Å². The van der Waals surface area contributed by atoms with Crippen LogP contribution in [0, 0.1) is 0 Å². The summed E-state index contributed by atoms with van der Waals surface area (Å²) in [6, 6.07) is 19.5. The molecule has 1 saturated heterocycles. The van der Waals surface area contributed by atoms with Crippen molar-refractivity contribution in [3.63, 3.8) is 0 Å². The number of ether oxygens (including phenoxy) is 1. The smallest absolute Gasteiger partial charge is 0.113 e. The Labute approximate surface area is 162 Å². The maximum atomic E-state index is 10.3. The number of fused-ring (bicyclic) bond motifs is 1. The molecule has 0 amide bonds. The molecule has 0 bridgehead atoms. The van der Waals surface area contributed by atoms with Gasteiger partial charge in [-0.25, -0.2) is 0 Å². The molecule has 3 aromatic rings. The molecule has 146 valence electrons. The summed E-state index contributed by atoms with van der Waals surface area (Å²) in [5.74, 6) is 0. The molecule has 6 heteroatoms. The maximum Gasteiger partial charge on any atom is 0.113 e. The standard InChI is InChI=1S/C22H23NO5/c24-12-18-19(25)20(26)21(27)22(28-18)15-6-3-4-13(10-15)11-16-9-8-14-5-1-2-7-17(14)23-16/h1-10,18-22,24-27H,11-12H2/t18-,19-,20+,21-,22+/m1/s1. The molecule has 2 aromatic carbocycles. The maximum absolute atomic E-state index is 10.3. The van der Waals surface area contributed by atoms with E-state index in [1.165, 1.54) is 0 Å². The van der Waals surface area contributed by atoms with Gasteiger partial charge in [-0.15, -0.1) is 0 Å². The second kappa shape index (κ2) is 7.95. The van der Waals surface area contributed by atoms with Crippen LogP contribution >= 0.6 is 0 Å². The van der Waals surface area contributed by atoms with E-state index in [0.29, 0.717) is 12.0 Å². The molecular formula is C22H23NO5. The van der Waals surface area contributed by atoms with E-state index >= 15 is 0 Å². The summed E-state index contributed by atoms with van der Waals surface area (Å²) < 4.78 is 5.65. The van der Waals surface area contributed by atoms with Crippen LogP contribution < -0.4 is 0 Å². The van der Waals surface area contributed by atoms with Crippen molar-refractivity contribution in [3.8, 4) is 0 Å². The van der Waals surface area contributed by atoms with Crippen molar-refractivity contribution < 1.29 is 25.2 Å². The Bertz CT molecular complexity index is 960. The number of rotatable bonds is 4. The highest BCUT2D eigenvalue weighted by Crippen LogP contribution is 2.32. The van der Waals surface area contributed by atoms with Gasteiger partial charge in [-0.05, 0) is 23.3 Å². The predicted octanol–water partition coefficient (Wildman–Crippen LogP) is 1.34. The van der Waals surface area contributed by atoms with E-state index < -0.39 is 37.1 Å². The van der Waals surface area contributed by atoms with Crippen molar-refractivity contribution in [2.24, 2.45) is 0 Å². The third-order valence-corrected chi connectivity index (χ3v) is 5.21. The predicted molar refractivity (Wildman–Crippen MR) is 104 cm³/mol. The van der Waals surface area contributed by atoms with Gasteiger partial charge in [0.2, 0.25) is 0 Å². The first-order chi connectivity index (χ1) is 13.6. The SMILES string of the molecule is OC[C@H]1O[C@@H](c2cccc(Cc3ccc4ccccc4n3)c2)[C@H](O)[C@@H](O)[C@@H]1O. The Hall–Kier alpha value is -2.35. The van der Waals surface area contributed by atoms with Gasteiger partial charge < -0.3 is 25.2 Å².